The molecule has 2 aromatic rings. The zero-order valence-corrected chi connectivity index (χ0v) is 12.9. The summed E-state index contributed by atoms with van der Waals surface area (Å²) in [5.74, 6) is -0.338. The summed E-state index contributed by atoms with van der Waals surface area (Å²) in [5.41, 5.74) is 5.03. The SMILES string of the molecule is CCc1ccc(/C=N/NC(=O)c2ccc(Cl)c(Cl)c2)cc1. The molecule has 0 aromatic heterocycles. The van der Waals surface area contributed by atoms with Gasteiger partial charge in [-0.15, -0.1) is 0 Å². The lowest BCUT2D eigenvalue weighted by atomic mass is 10.1. The van der Waals surface area contributed by atoms with Gasteiger partial charge in [-0.3, -0.25) is 4.79 Å². The summed E-state index contributed by atoms with van der Waals surface area (Å²) in [6.07, 6.45) is 2.58. The van der Waals surface area contributed by atoms with E-state index in [2.05, 4.69) is 17.5 Å². The van der Waals surface area contributed by atoms with Crippen LogP contribution in [0.15, 0.2) is 47.6 Å². The number of hydrogen-bond acceptors (Lipinski definition) is 2. The molecule has 5 heteroatoms. The molecule has 0 fully saturated rings. The van der Waals surface area contributed by atoms with Crippen molar-refractivity contribution in [1.82, 2.24) is 5.43 Å². The molecule has 2 aromatic carbocycles. The third-order valence-corrected chi connectivity index (χ3v) is 3.69. The molecule has 0 bridgehead atoms. The van der Waals surface area contributed by atoms with Crippen molar-refractivity contribution in [3.63, 3.8) is 0 Å². The van der Waals surface area contributed by atoms with Crippen LogP contribution >= 0.6 is 23.2 Å². The van der Waals surface area contributed by atoms with Crippen LogP contribution in [0.1, 0.15) is 28.4 Å². The van der Waals surface area contributed by atoms with Gasteiger partial charge in [-0.05, 0) is 35.7 Å². The Balaban J connectivity index is 1.99. The minimum Gasteiger partial charge on any atom is -0.267 e. The zero-order chi connectivity index (χ0) is 15.2. The topological polar surface area (TPSA) is 41.5 Å². The number of hydrogen-bond donors (Lipinski definition) is 1. The Hall–Kier alpha value is -1.84. The van der Waals surface area contributed by atoms with Crippen LogP contribution in [0.2, 0.25) is 10.0 Å². The smallest absolute Gasteiger partial charge is 0.267 e. The van der Waals surface area contributed by atoms with Crippen molar-refractivity contribution in [1.29, 1.82) is 0 Å². The maximum absolute atomic E-state index is 11.9. The molecule has 0 aliphatic heterocycles. The molecule has 0 saturated heterocycles. The molecule has 0 aliphatic rings. The summed E-state index contributed by atoms with van der Waals surface area (Å²) in [7, 11) is 0. The van der Waals surface area contributed by atoms with E-state index in [0.29, 0.717) is 15.6 Å². The summed E-state index contributed by atoms with van der Waals surface area (Å²) >= 11 is 11.7. The molecule has 0 radical (unpaired) electrons. The number of amides is 1. The quantitative estimate of drug-likeness (QED) is 0.661. The molecule has 108 valence electrons. The van der Waals surface area contributed by atoms with Crippen LogP contribution in [0.4, 0.5) is 0 Å². The van der Waals surface area contributed by atoms with Crippen molar-refractivity contribution in [3.05, 3.63) is 69.2 Å². The first-order valence-electron chi connectivity index (χ1n) is 6.47. The van der Waals surface area contributed by atoms with Crippen LogP contribution in [-0.4, -0.2) is 12.1 Å². The third-order valence-electron chi connectivity index (χ3n) is 2.95. The minimum atomic E-state index is -0.338. The van der Waals surface area contributed by atoms with Gasteiger partial charge in [-0.25, -0.2) is 5.43 Å². The number of carbonyl (C=O) groups is 1. The summed E-state index contributed by atoms with van der Waals surface area (Å²) in [4.78, 5) is 11.9. The lowest BCUT2D eigenvalue weighted by molar-refractivity contribution is 0.0955. The summed E-state index contributed by atoms with van der Waals surface area (Å²) < 4.78 is 0. The van der Waals surface area contributed by atoms with E-state index in [9.17, 15) is 4.79 Å². The Morgan fingerprint density at radius 2 is 1.86 bits per heavy atom. The van der Waals surface area contributed by atoms with Gasteiger partial charge in [0.25, 0.3) is 5.91 Å². The van der Waals surface area contributed by atoms with Gasteiger partial charge in [-0.1, -0.05) is 54.4 Å². The van der Waals surface area contributed by atoms with Gasteiger partial charge in [-0.2, -0.15) is 5.10 Å². The predicted molar refractivity (Wildman–Crippen MR) is 87.3 cm³/mol. The zero-order valence-electron chi connectivity index (χ0n) is 11.4. The number of aryl methyl sites for hydroxylation is 1. The van der Waals surface area contributed by atoms with E-state index in [-0.39, 0.29) is 5.91 Å². The highest BCUT2D eigenvalue weighted by atomic mass is 35.5. The highest BCUT2D eigenvalue weighted by molar-refractivity contribution is 6.42. The first-order valence-corrected chi connectivity index (χ1v) is 7.23. The molecule has 2 rings (SSSR count). The van der Waals surface area contributed by atoms with E-state index in [1.54, 1.807) is 18.3 Å². The number of rotatable bonds is 4. The molecular weight excluding hydrogens is 307 g/mol. The average Bonchev–Trinajstić information content (AvgIpc) is 2.50. The van der Waals surface area contributed by atoms with Crippen LogP contribution < -0.4 is 5.43 Å². The van der Waals surface area contributed by atoms with Crippen LogP contribution in [0.5, 0.6) is 0 Å². The van der Waals surface area contributed by atoms with Crippen molar-refractivity contribution in [2.75, 3.05) is 0 Å². The number of nitrogens with zero attached hydrogens (tertiary/aromatic N) is 1. The maximum atomic E-state index is 11.9. The number of halogens is 2. The van der Waals surface area contributed by atoms with E-state index in [1.807, 2.05) is 24.3 Å². The fourth-order valence-electron chi connectivity index (χ4n) is 1.71. The summed E-state index contributed by atoms with van der Waals surface area (Å²) in [6, 6.07) is 12.6. The monoisotopic (exact) mass is 320 g/mol. The van der Waals surface area contributed by atoms with Crippen molar-refractivity contribution in [3.8, 4) is 0 Å². The largest absolute Gasteiger partial charge is 0.271 e. The molecule has 1 amide bonds. The second kappa shape index (κ2) is 7.25. The molecule has 3 nitrogen and oxygen atoms in total. The fraction of sp³-hybridized carbons (Fsp3) is 0.125. The second-order valence-corrected chi connectivity index (χ2v) is 5.24. The summed E-state index contributed by atoms with van der Waals surface area (Å²) in [6.45, 7) is 2.10. The van der Waals surface area contributed by atoms with Gasteiger partial charge in [0, 0.05) is 5.56 Å². The standard InChI is InChI=1S/C16H14Cl2N2O/c1-2-11-3-5-12(6-4-11)10-19-20-16(21)13-7-8-14(17)15(18)9-13/h3-10H,2H2,1H3,(H,20,21)/b19-10+. The average molecular weight is 321 g/mol. The number of nitrogens with one attached hydrogen (secondary N) is 1. The van der Waals surface area contributed by atoms with Crippen molar-refractivity contribution >= 4 is 35.3 Å². The van der Waals surface area contributed by atoms with Gasteiger partial charge < -0.3 is 0 Å². The van der Waals surface area contributed by atoms with Crippen LogP contribution in [0, 0.1) is 0 Å². The van der Waals surface area contributed by atoms with E-state index >= 15 is 0 Å². The Bertz CT molecular complexity index is 666. The molecule has 0 saturated carbocycles. The minimum absolute atomic E-state index is 0.337. The predicted octanol–water partition coefficient (Wildman–Crippen LogP) is 4.32. The molecule has 0 unspecified atom stereocenters. The van der Waals surface area contributed by atoms with Crippen molar-refractivity contribution in [2.24, 2.45) is 5.10 Å². The second-order valence-electron chi connectivity index (χ2n) is 4.42. The molecular formula is C16H14Cl2N2O. The molecule has 0 heterocycles. The molecule has 0 aliphatic carbocycles. The molecule has 0 spiro atoms. The summed E-state index contributed by atoms with van der Waals surface area (Å²) in [5, 5.41) is 4.67. The van der Waals surface area contributed by atoms with E-state index < -0.39 is 0 Å². The van der Waals surface area contributed by atoms with Crippen molar-refractivity contribution < 1.29 is 4.79 Å². The maximum Gasteiger partial charge on any atom is 0.271 e. The fourth-order valence-corrected chi connectivity index (χ4v) is 2.00. The Labute approximate surface area is 133 Å². The lowest BCUT2D eigenvalue weighted by Gasteiger charge is -2.02. The van der Waals surface area contributed by atoms with E-state index in [4.69, 9.17) is 23.2 Å². The van der Waals surface area contributed by atoms with Crippen LogP contribution in [0.25, 0.3) is 0 Å². The lowest BCUT2D eigenvalue weighted by Crippen LogP contribution is -2.17. The number of benzene rings is 2. The molecule has 21 heavy (non-hydrogen) atoms. The highest BCUT2D eigenvalue weighted by Gasteiger charge is 2.06. The Morgan fingerprint density at radius 1 is 1.14 bits per heavy atom. The third kappa shape index (κ3) is 4.31. The first kappa shape index (κ1) is 15.5. The first-order chi connectivity index (χ1) is 10.1. The number of carbonyl (C=O) groups excluding carboxylic acids is 1. The Kier molecular flexibility index (Phi) is 5.37. The molecule has 0 atom stereocenters. The highest BCUT2D eigenvalue weighted by Crippen LogP contribution is 2.22. The molecule has 1 N–H and O–H groups in total. The van der Waals surface area contributed by atoms with Crippen molar-refractivity contribution in [2.45, 2.75) is 13.3 Å². The Morgan fingerprint density at radius 3 is 2.48 bits per heavy atom. The number of hydrazone groups is 1. The van der Waals surface area contributed by atoms with E-state index in [1.165, 1.54) is 11.6 Å². The normalized spacial score (nSPS) is 10.8. The van der Waals surface area contributed by atoms with Crippen LogP contribution in [-0.2, 0) is 6.42 Å². The van der Waals surface area contributed by atoms with Gasteiger partial charge in [0.15, 0.2) is 0 Å². The van der Waals surface area contributed by atoms with E-state index in [0.717, 1.165) is 12.0 Å². The van der Waals surface area contributed by atoms with Gasteiger partial charge in [0.1, 0.15) is 0 Å². The van der Waals surface area contributed by atoms with Crippen LogP contribution in [0.3, 0.4) is 0 Å². The van der Waals surface area contributed by atoms with Gasteiger partial charge >= 0.3 is 0 Å². The van der Waals surface area contributed by atoms with Gasteiger partial charge in [0.05, 0.1) is 16.3 Å². The van der Waals surface area contributed by atoms with Gasteiger partial charge in [0.2, 0.25) is 0 Å².